The second kappa shape index (κ2) is 5.23. The molecule has 2 aliphatic rings. The van der Waals surface area contributed by atoms with Crippen molar-refractivity contribution in [2.24, 2.45) is 5.92 Å². The molecular formula is C14H22N2O. The molecule has 3 heteroatoms. The lowest BCUT2D eigenvalue weighted by Gasteiger charge is -2.30. The molecule has 0 spiro atoms. The van der Waals surface area contributed by atoms with Crippen LogP contribution in [0.1, 0.15) is 31.2 Å². The van der Waals surface area contributed by atoms with E-state index in [4.69, 9.17) is 4.42 Å². The van der Waals surface area contributed by atoms with Gasteiger partial charge in [-0.1, -0.05) is 0 Å². The van der Waals surface area contributed by atoms with Gasteiger partial charge >= 0.3 is 0 Å². The number of piperidine rings is 1. The Morgan fingerprint density at radius 3 is 2.94 bits per heavy atom. The van der Waals surface area contributed by atoms with Crippen molar-refractivity contribution in [2.45, 2.75) is 38.3 Å². The Hall–Kier alpha value is -0.800. The summed E-state index contributed by atoms with van der Waals surface area (Å²) in [5.74, 6) is 0.844. The highest BCUT2D eigenvalue weighted by molar-refractivity contribution is 5.06. The third-order valence-corrected chi connectivity index (χ3v) is 3.92. The maximum atomic E-state index is 5.17. The molecule has 1 aliphatic heterocycles. The monoisotopic (exact) mass is 234 g/mol. The molecule has 1 saturated heterocycles. The summed E-state index contributed by atoms with van der Waals surface area (Å²) in [7, 11) is 0. The predicted octanol–water partition coefficient (Wildman–Crippen LogP) is 2.24. The molecule has 1 atom stereocenters. The Kier molecular flexibility index (Phi) is 3.48. The maximum Gasteiger partial charge on any atom is 0.0947 e. The Balaban J connectivity index is 1.56. The van der Waals surface area contributed by atoms with Crippen LogP contribution in [0, 0.1) is 5.92 Å². The fraction of sp³-hybridized carbons (Fsp3) is 0.714. The topological polar surface area (TPSA) is 28.4 Å². The van der Waals surface area contributed by atoms with Gasteiger partial charge in [0.2, 0.25) is 0 Å². The number of nitrogens with one attached hydrogen (secondary N) is 1. The van der Waals surface area contributed by atoms with Gasteiger partial charge in [0.15, 0.2) is 0 Å². The van der Waals surface area contributed by atoms with E-state index in [-0.39, 0.29) is 0 Å². The van der Waals surface area contributed by atoms with Crippen molar-refractivity contribution < 1.29 is 4.42 Å². The molecular weight excluding hydrogens is 212 g/mol. The highest BCUT2D eigenvalue weighted by Gasteiger charge is 2.30. The first-order valence-electron chi connectivity index (χ1n) is 6.87. The van der Waals surface area contributed by atoms with Crippen LogP contribution in [0.5, 0.6) is 0 Å². The summed E-state index contributed by atoms with van der Waals surface area (Å²) in [6.07, 6.45) is 9.17. The molecule has 1 aromatic rings. The largest absolute Gasteiger partial charge is 0.472 e. The normalized spacial score (nSPS) is 25.4. The maximum absolute atomic E-state index is 5.17. The van der Waals surface area contributed by atoms with Gasteiger partial charge < -0.3 is 9.73 Å². The molecule has 94 valence electrons. The van der Waals surface area contributed by atoms with Crippen molar-refractivity contribution in [3.8, 4) is 0 Å². The third kappa shape index (κ3) is 3.11. The highest BCUT2D eigenvalue weighted by Crippen LogP contribution is 2.30. The minimum absolute atomic E-state index is 0.840. The van der Waals surface area contributed by atoms with Crippen LogP contribution in [0.25, 0.3) is 0 Å². The SMILES string of the molecule is c1cc(CN(CC2CCCNC2)C2CC2)co1. The lowest BCUT2D eigenvalue weighted by Crippen LogP contribution is -2.38. The van der Waals surface area contributed by atoms with Crippen LogP contribution in [-0.2, 0) is 6.54 Å². The summed E-state index contributed by atoms with van der Waals surface area (Å²) in [4.78, 5) is 2.66. The number of furan rings is 1. The Morgan fingerprint density at radius 1 is 1.35 bits per heavy atom. The van der Waals surface area contributed by atoms with Gasteiger partial charge in [-0.2, -0.15) is 0 Å². The average Bonchev–Trinajstić information content (AvgIpc) is 3.09. The molecule has 0 bridgehead atoms. The smallest absolute Gasteiger partial charge is 0.0947 e. The second-order valence-corrected chi connectivity index (χ2v) is 5.50. The number of hydrogen-bond acceptors (Lipinski definition) is 3. The zero-order valence-corrected chi connectivity index (χ0v) is 10.4. The fourth-order valence-corrected chi connectivity index (χ4v) is 2.81. The predicted molar refractivity (Wildman–Crippen MR) is 67.7 cm³/mol. The molecule has 0 aromatic carbocycles. The standard InChI is InChI=1S/C14H22N2O/c1-2-12(8-15-6-1)9-16(14-3-4-14)10-13-5-7-17-11-13/h5,7,11-12,14-15H,1-4,6,8-10H2. The Bertz CT molecular complexity index is 326. The van der Waals surface area contributed by atoms with Crippen molar-refractivity contribution >= 4 is 0 Å². The summed E-state index contributed by atoms with van der Waals surface area (Å²) in [5.41, 5.74) is 1.32. The third-order valence-electron chi connectivity index (χ3n) is 3.92. The van der Waals surface area contributed by atoms with E-state index < -0.39 is 0 Å². The van der Waals surface area contributed by atoms with Gasteiger partial charge in [-0.05, 0) is 50.8 Å². The molecule has 1 N–H and O–H groups in total. The van der Waals surface area contributed by atoms with Gasteiger partial charge in [0, 0.05) is 24.7 Å². The van der Waals surface area contributed by atoms with Crippen molar-refractivity contribution in [2.75, 3.05) is 19.6 Å². The Morgan fingerprint density at radius 2 is 2.29 bits per heavy atom. The lowest BCUT2D eigenvalue weighted by atomic mass is 9.99. The van der Waals surface area contributed by atoms with Crippen molar-refractivity contribution in [1.82, 2.24) is 10.2 Å². The first kappa shape index (κ1) is 11.3. The van der Waals surface area contributed by atoms with E-state index in [0.29, 0.717) is 0 Å². The van der Waals surface area contributed by atoms with Gasteiger partial charge in [-0.15, -0.1) is 0 Å². The first-order valence-corrected chi connectivity index (χ1v) is 6.87. The Labute approximate surface area is 103 Å². The van der Waals surface area contributed by atoms with Crippen molar-refractivity contribution in [3.05, 3.63) is 24.2 Å². The first-order chi connectivity index (χ1) is 8.42. The van der Waals surface area contributed by atoms with Crippen LogP contribution in [0.15, 0.2) is 23.0 Å². The van der Waals surface area contributed by atoms with Crippen LogP contribution >= 0.6 is 0 Å². The summed E-state index contributed by atoms with van der Waals surface area (Å²) < 4.78 is 5.17. The molecule has 1 saturated carbocycles. The second-order valence-electron chi connectivity index (χ2n) is 5.50. The number of rotatable bonds is 5. The molecule has 1 unspecified atom stereocenters. The zero-order chi connectivity index (χ0) is 11.5. The van der Waals surface area contributed by atoms with E-state index in [1.807, 2.05) is 6.26 Å². The fourth-order valence-electron chi connectivity index (χ4n) is 2.81. The quantitative estimate of drug-likeness (QED) is 0.847. The molecule has 0 radical (unpaired) electrons. The van der Waals surface area contributed by atoms with Crippen LogP contribution in [-0.4, -0.2) is 30.6 Å². The van der Waals surface area contributed by atoms with Crippen LogP contribution < -0.4 is 5.32 Å². The number of nitrogens with zero attached hydrogens (tertiary/aromatic N) is 1. The molecule has 3 rings (SSSR count). The summed E-state index contributed by atoms with van der Waals surface area (Å²) >= 11 is 0. The van der Waals surface area contributed by atoms with E-state index in [9.17, 15) is 0 Å². The van der Waals surface area contributed by atoms with Crippen molar-refractivity contribution in [1.29, 1.82) is 0 Å². The van der Waals surface area contributed by atoms with Crippen LogP contribution in [0.4, 0.5) is 0 Å². The summed E-state index contributed by atoms with van der Waals surface area (Å²) in [6.45, 7) is 4.73. The van der Waals surface area contributed by atoms with E-state index in [0.717, 1.165) is 18.5 Å². The average molecular weight is 234 g/mol. The molecule has 0 amide bonds. The summed E-state index contributed by atoms with van der Waals surface area (Å²) in [6, 6.07) is 2.93. The highest BCUT2D eigenvalue weighted by atomic mass is 16.3. The van der Waals surface area contributed by atoms with Gasteiger partial charge in [0.25, 0.3) is 0 Å². The molecule has 3 nitrogen and oxygen atoms in total. The van der Waals surface area contributed by atoms with Crippen LogP contribution in [0.2, 0.25) is 0 Å². The minimum atomic E-state index is 0.840. The minimum Gasteiger partial charge on any atom is -0.472 e. The lowest BCUT2D eigenvalue weighted by molar-refractivity contribution is 0.192. The van der Waals surface area contributed by atoms with Gasteiger partial charge in [-0.25, -0.2) is 0 Å². The van der Waals surface area contributed by atoms with Crippen molar-refractivity contribution in [3.63, 3.8) is 0 Å². The van der Waals surface area contributed by atoms with Gasteiger partial charge in [-0.3, -0.25) is 4.90 Å². The zero-order valence-electron chi connectivity index (χ0n) is 10.4. The van der Waals surface area contributed by atoms with E-state index in [1.54, 1.807) is 6.26 Å². The molecule has 2 heterocycles. The molecule has 1 aliphatic carbocycles. The van der Waals surface area contributed by atoms with E-state index in [2.05, 4.69) is 16.3 Å². The molecule has 2 fully saturated rings. The van der Waals surface area contributed by atoms with E-state index in [1.165, 1.54) is 50.9 Å². The van der Waals surface area contributed by atoms with Gasteiger partial charge in [0.1, 0.15) is 0 Å². The van der Waals surface area contributed by atoms with E-state index >= 15 is 0 Å². The summed E-state index contributed by atoms with van der Waals surface area (Å²) in [5, 5.41) is 3.51. The van der Waals surface area contributed by atoms with Crippen LogP contribution in [0.3, 0.4) is 0 Å². The number of hydrogen-bond donors (Lipinski definition) is 1. The molecule has 1 aromatic heterocycles. The van der Waals surface area contributed by atoms with Gasteiger partial charge in [0.05, 0.1) is 12.5 Å². The molecule has 17 heavy (non-hydrogen) atoms.